The van der Waals surface area contributed by atoms with Gasteiger partial charge in [0.2, 0.25) is 0 Å². The van der Waals surface area contributed by atoms with E-state index in [0.717, 1.165) is 32.0 Å². The molecule has 8 heteroatoms. The summed E-state index contributed by atoms with van der Waals surface area (Å²) in [6.45, 7) is 3.74. The van der Waals surface area contributed by atoms with Crippen LogP contribution in [0.15, 0.2) is 42.9 Å². The highest BCUT2D eigenvalue weighted by atomic mass is 15.2. The van der Waals surface area contributed by atoms with E-state index in [1.807, 2.05) is 24.3 Å². The number of hydrogen-bond acceptors (Lipinski definition) is 8. The number of rotatable bonds is 5. The van der Waals surface area contributed by atoms with Crippen LogP contribution in [0.25, 0.3) is 11.4 Å². The topological polar surface area (TPSA) is 103 Å². The van der Waals surface area contributed by atoms with Gasteiger partial charge >= 0.3 is 0 Å². The molecule has 0 spiro atoms. The van der Waals surface area contributed by atoms with Gasteiger partial charge in [0, 0.05) is 44.2 Å². The van der Waals surface area contributed by atoms with E-state index in [0.29, 0.717) is 34.2 Å². The van der Waals surface area contributed by atoms with Crippen LogP contribution >= 0.6 is 0 Å². The molecule has 0 atom stereocenters. The fourth-order valence-electron chi connectivity index (χ4n) is 3.09. The lowest BCUT2D eigenvalue weighted by Crippen LogP contribution is -2.43. The van der Waals surface area contributed by atoms with Crippen LogP contribution in [-0.2, 0) is 0 Å². The standard InChI is InChI=1S/C21H20N8/c1-2-16-13-24-14-19(26-16)18-10-17(15(11-22)12-25-18)27-20-4-3-5-21(28-20)29-8-6-23-7-9-29/h1,3-5,10-14,22-23H,6-9H2,(H,25,27,28). The second kappa shape index (κ2) is 8.46. The maximum absolute atomic E-state index is 7.70. The Kier molecular flexibility index (Phi) is 5.40. The van der Waals surface area contributed by atoms with Crippen LogP contribution < -0.4 is 15.5 Å². The summed E-state index contributed by atoms with van der Waals surface area (Å²) in [5.74, 6) is 4.10. The van der Waals surface area contributed by atoms with Crippen molar-refractivity contribution in [2.75, 3.05) is 36.4 Å². The van der Waals surface area contributed by atoms with Crippen molar-refractivity contribution in [3.63, 3.8) is 0 Å². The van der Waals surface area contributed by atoms with E-state index in [1.54, 1.807) is 12.4 Å². The van der Waals surface area contributed by atoms with Crippen LogP contribution in [0.2, 0.25) is 0 Å². The Morgan fingerprint density at radius 3 is 2.79 bits per heavy atom. The van der Waals surface area contributed by atoms with Crippen molar-refractivity contribution in [2.45, 2.75) is 0 Å². The number of piperazine rings is 1. The number of terminal acetylenes is 1. The number of aromatic nitrogens is 4. The molecule has 3 aromatic rings. The minimum Gasteiger partial charge on any atom is -0.354 e. The van der Waals surface area contributed by atoms with E-state index in [9.17, 15) is 0 Å². The van der Waals surface area contributed by atoms with Crippen molar-refractivity contribution < 1.29 is 0 Å². The van der Waals surface area contributed by atoms with Crippen molar-refractivity contribution in [2.24, 2.45) is 0 Å². The van der Waals surface area contributed by atoms with Crippen LogP contribution in [-0.4, -0.2) is 52.3 Å². The largest absolute Gasteiger partial charge is 0.354 e. The summed E-state index contributed by atoms with van der Waals surface area (Å²) in [5.41, 5.74) is 2.98. The molecule has 4 heterocycles. The molecule has 0 radical (unpaired) electrons. The quantitative estimate of drug-likeness (QED) is 0.457. The van der Waals surface area contributed by atoms with E-state index >= 15 is 0 Å². The predicted molar refractivity (Wildman–Crippen MR) is 114 cm³/mol. The summed E-state index contributed by atoms with van der Waals surface area (Å²) in [6.07, 6.45) is 11.4. The molecule has 3 N–H and O–H groups in total. The van der Waals surface area contributed by atoms with Gasteiger partial charge in [-0.25, -0.2) is 9.97 Å². The lowest BCUT2D eigenvalue weighted by Gasteiger charge is -2.28. The third-order valence-corrected chi connectivity index (χ3v) is 4.57. The molecule has 0 amide bonds. The van der Waals surface area contributed by atoms with Crippen molar-refractivity contribution >= 4 is 23.5 Å². The Morgan fingerprint density at radius 2 is 2.00 bits per heavy atom. The molecule has 0 aliphatic carbocycles. The highest BCUT2D eigenvalue weighted by molar-refractivity contribution is 5.88. The normalized spacial score (nSPS) is 13.6. The Bertz CT molecular complexity index is 1070. The summed E-state index contributed by atoms with van der Waals surface area (Å²) < 4.78 is 0. The maximum Gasteiger partial charge on any atom is 0.132 e. The average Bonchev–Trinajstić information content (AvgIpc) is 2.80. The van der Waals surface area contributed by atoms with Gasteiger partial charge in [-0.1, -0.05) is 6.07 Å². The lowest BCUT2D eigenvalue weighted by atomic mass is 10.2. The van der Waals surface area contributed by atoms with Gasteiger partial charge < -0.3 is 20.9 Å². The smallest absolute Gasteiger partial charge is 0.132 e. The van der Waals surface area contributed by atoms with Crippen molar-refractivity contribution in [1.82, 2.24) is 25.3 Å². The zero-order valence-corrected chi connectivity index (χ0v) is 15.8. The van der Waals surface area contributed by atoms with Crippen LogP contribution in [0.3, 0.4) is 0 Å². The highest BCUT2D eigenvalue weighted by Gasteiger charge is 2.13. The van der Waals surface area contributed by atoms with Crippen molar-refractivity contribution in [1.29, 1.82) is 5.41 Å². The monoisotopic (exact) mass is 384 g/mol. The van der Waals surface area contributed by atoms with Gasteiger partial charge in [-0.3, -0.25) is 9.97 Å². The third kappa shape index (κ3) is 4.20. The van der Waals surface area contributed by atoms with Crippen molar-refractivity contribution in [3.05, 3.63) is 54.1 Å². The molecule has 1 aliphatic heterocycles. The first kappa shape index (κ1) is 18.5. The number of nitrogens with one attached hydrogen (secondary N) is 3. The molecule has 0 saturated carbocycles. The Morgan fingerprint density at radius 1 is 1.14 bits per heavy atom. The van der Waals surface area contributed by atoms with Crippen molar-refractivity contribution in [3.8, 4) is 23.7 Å². The average molecular weight is 384 g/mol. The Balaban J connectivity index is 1.64. The molecule has 8 nitrogen and oxygen atoms in total. The summed E-state index contributed by atoms with van der Waals surface area (Å²) in [6, 6.07) is 7.70. The van der Waals surface area contributed by atoms with E-state index < -0.39 is 0 Å². The molecule has 0 bridgehead atoms. The number of nitrogens with zero attached hydrogens (tertiary/aromatic N) is 5. The van der Waals surface area contributed by atoms with Crippen LogP contribution in [0.1, 0.15) is 11.3 Å². The highest BCUT2D eigenvalue weighted by Crippen LogP contribution is 2.25. The summed E-state index contributed by atoms with van der Waals surface area (Å²) in [7, 11) is 0. The molecule has 4 rings (SSSR count). The number of hydrogen-bond donors (Lipinski definition) is 3. The fourth-order valence-corrected chi connectivity index (χ4v) is 3.09. The van der Waals surface area contributed by atoms with Gasteiger partial charge in [0.1, 0.15) is 23.0 Å². The third-order valence-electron chi connectivity index (χ3n) is 4.57. The van der Waals surface area contributed by atoms with Gasteiger partial charge in [-0.2, -0.15) is 0 Å². The van der Waals surface area contributed by atoms with Gasteiger partial charge in [0.15, 0.2) is 0 Å². The summed E-state index contributed by atoms with van der Waals surface area (Å²) >= 11 is 0. The second-order valence-electron chi connectivity index (χ2n) is 6.48. The van der Waals surface area contributed by atoms with E-state index in [2.05, 4.69) is 36.4 Å². The van der Waals surface area contributed by atoms with Gasteiger partial charge in [-0.05, 0) is 24.1 Å². The first-order valence-corrected chi connectivity index (χ1v) is 9.26. The molecular weight excluding hydrogens is 364 g/mol. The number of pyridine rings is 2. The molecule has 0 aromatic carbocycles. The molecule has 1 fully saturated rings. The summed E-state index contributed by atoms with van der Waals surface area (Å²) in [5, 5.41) is 14.3. The predicted octanol–water partition coefficient (Wildman–Crippen LogP) is 2.07. The second-order valence-corrected chi connectivity index (χ2v) is 6.48. The van der Waals surface area contributed by atoms with E-state index in [-0.39, 0.29) is 0 Å². The molecule has 0 unspecified atom stereocenters. The fraction of sp³-hybridized carbons (Fsp3) is 0.190. The molecule has 3 aromatic heterocycles. The first-order valence-electron chi connectivity index (χ1n) is 9.26. The van der Waals surface area contributed by atoms with E-state index in [4.69, 9.17) is 16.8 Å². The molecule has 1 aliphatic rings. The minimum absolute atomic E-state index is 0.445. The minimum atomic E-state index is 0.445. The van der Waals surface area contributed by atoms with Gasteiger partial charge in [0.05, 0.1) is 23.8 Å². The van der Waals surface area contributed by atoms with Gasteiger partial charge in [-0.15, -0.1) is 6.42 Å². The lowest BCUT2D eigenvalue weighted by molar-refractivity contribution is 0.585. The number of anilines is 3. The molecule has 1 saturated heterocycles. The Hall–Kier alpha value is -3.83. The van der Waals surface area contributed by atoms with Crippen LogP contribution in [0.5, 0.6) is 0 Å². The molecule has 29 heavy (non-hydrogen) atoms. The zero-order chi connectivity index (χ0) is 20.1. The van der Waals surface area contributed by atoms with Gasteiger partial charge in [0.25, 0.3) is 0 Å². The maximum atomic E-state index is 7.70. The molecule has 144 valence electrons. The van der Waals surface area contributed by atoms with Crippen LogP contribution in [0.4, 0.5) is 17.3 Å². The van der Waals surface area contributed by atoms with E-state index in [1.165, 1.54) is 12.4 Å². The van der Waals surface area contributed by atoms with Crippen LogP contribution in [0, 0.1) is 17.8 Å². The Labute approximate surface area is 169 Å². The first-order chi connectivity index (χ1) is 14.3. The zero-order valence-electron chi connectivity index (χ0n) is 15.8. The summed E-state index contributed by atoms with van der Waals surface area (Å²) in [4.78, 5) is 19.9. The molecular formula is C21H20N8. The SMILES string of the molecule is C#Cc1cncc(-c2cc(Nc3cccc(N4CCNCC4)n3)c(C=N)cn2)n1.